The third-order valence-electron chi connectivity index (χ3n) is 2.43. The Morgan fingerprint density at radius 1 is 1.41 bits per heavy atom. The van der Waals surface area contributed by atoms with E-state index in [0.29, 0.717) is 16.5 Å². The number of aryl methyl sites for hydroxylation is 1. The lowest BCUT2D eigenvalue weighted by Gasteiger charge is -2.10. The van der Waals surface area contributed by atoms with Gasteiger partial charge < -0.3 is 9.72 Å². The zero-order valence-electron chi connectivity index (χ0n) is 9.45. The highest BCUT2D eigenvalue weighted by atomic mass is 35.5. The second-order valence-corrected chi connectivity index (χ2v) is 4.03. The molecule has 1 aromatic carbocycles. The number of nitrogens with one attached hydrogen (secondary N) is 1. The molecule has 0 unspecified atom stereocenters. The summed E-state index contributed by atoms with van der Waals surface area (Å²) >= 11 is 5.95. The van der Waals surface area contributed by atoms with E-state index < -0.39 is 5.69 Å². The van der Waals surface area contributed by atoms with Crippen molar-refractivity contribution in [2.45, 2.75) is 6.92 Å². The van der Waals surface area contributed by atoms with E-state index >= 15 is 0 Å². The van der Waals surface area contributed by atoms with Crippen molar-refractivity contribution in [2.75, 3.05) is 7.11 Å². The molecule has 4 nitrogen and oxygen atoms in total. The van der Waals surface area contributed by atoms with Crippen molar-refractivity contribution in [3.63, 3.8) is 0 Å². The Morgan fingerprint density at radius 2 is 2.18 bits per heavy atom. The lowest BCUT2D eigenvalue weighted by molar-refractivity contribution is 0.416. The van der Waals surface area contributed by atoms with Gasteiger partial charge in [-0.1, -0.05) is 11.6 Å². The monoisotopic (exact) mass is 250 g/mol. The van der Waals surface area contributed by atoms with Gasteiger partial charge in [-0.2, -0.15) is 0 Å². The molecule has 0 spiro atoms. The highest BCUT2D eigenvalue weighted by Gasteiger charge is 2.10. The molecule has 0 atom stereocenters. The van der Waals surface area contributed by atoms with E-state index in [4.69, 9.17) is 16.3 Å². The van der Waals surface area contributed by atoms with Crippen LogP contribution < -0.4 is 10.4 Å². The number of methoxy groups -OCH3 is 1. The van der Waals surface area contributed by atoms with Crippen LogP contribution in [0.4, 0.5) is 0 Å². The van der Waals surface area contributed by atoms with Crippen LogP contribution in [0.2, 0.25) is 5.02 Å². The number of aromatic nitrogens is 2. The van der Waals surface area contributed by atoms with Crippen molar-refractivity contribution in [2.24, 2.45) is 0 Å². The Hall–Kier alpha value is -1.81. The number of aromatic amines is 1. The number of rotatable bonds is 2. The maximum absolute atomic E-state index is 11.3. The molecule has 0 fully saturated rings. The van der Waals surface area contributed by atoms with Crippen LogP contribution in [0.3, 0.4) is 0 Å². The van der Waals surface area contributed by atoms with E-state index in [1.807, 2.05) is 6.92 Å². The molecule has 2 aromatic rings. The second kappa shape index (κ2) is 4.59. The Labute approximate surface area is 103 Å². The van der Waals surface area contributed by atoms with Gasteiger partial charge in [0.25, 0.3) is 0 Å². The summed E-state index contributed by atoms with van der Waals surface area (Å²) in [7, 11) is 1.57. The molecule has 17 heavy (non-hydrogen) atoms. The van der Waals surface area contributed by atoms with E-state index in [1.54, 1.807) is 25.3 Å². The highest BCUT2D eigenvalue weighted by Crippen LogP contribution is 2.32. The molecule has 0 aliphatic carbocycles. The molecule has 0 amide bonds. The molecule has 1 N–H and O–H groups in total. The molecule has 0 aliphatic heterocycles. The Morgan fingerprint density at radius 3 is 2.88 bits per heavy atom. The SMILES string of the molecule is COc1ccc(Cl)cc1-c1[nH]c(=O)ncc1C. The largest absolute Gasteiger partial charge is 0.496 e. The topological polar surface area (TPSA) is 55.0 Å². The fourth-order valence-electron chi connectivity index (χ4n) is 1.61. The molecule has 0 saturated carbocycles. The molecule has 0 radical (unpaired) electrons. The first-order valence-corrected chi connectivity index (χ1v) is 5.39. The normalized spacial score (nSPS) is 10.3. The molecular weight excluding hydrogens is 240 g/mol. The van der Waals surface area contributed by atoms with E-state index in [0.717, 1.165) is 11.1 Å². The van der Waals surface area contributed by atoms with Crippen LogP contribution in [0.15, 0.2) is 29.2 Å². The summed E-state index contributed by atoms with van der Waals surface area (Å²) in [6.07, 6.45) is 1.52. The van der Waals surface area contributed by atoms with Crippen molar-refractivity contribution in [1.29, 1.82) is 0 Å². The van der Waals surface area contributed by atoms with Gasteiger partial charge in [0, 0.05) is 16.8 Å². The zero-order valence-corrected chi connectivity index (χ0v) is 10.2. The number of H-pyrrole nitrogens is 1. The minimum atomic E-state index is -0.396. The van der Waals surface area contributed by atoms with Gasteiger partial charge >= 0.3 is 5.69 Å². The van der Waals surface area contributed by atoms with E-state index in [9.17, 15) is 4.79 Å². The van der Waals surface area contributed by atoms with Crippen LogP contribution in [0.5, 0.6) is 5.75 Å². The van der Waals surface area contributed by atoms with Gasteiger partial charge in [0.15, 0.2) is 0 Å². The first-order valence-electron chi connectivity index (χ1n) is 5.01. The Kier molecular flexibility index (Phi) is 3.15. The van der Waals surface area contributed by atoms with Crippen LogP contribution in [0.25, 0.3) is 11.3 Å². The lowest BCUT2D eigenvalue weighted by Crippen LogP contribution is -2.11. The summed E-state index contributed by atoms with van der Waals surface area (Å²) in [4.78, 5) is 17.6. The number of hydrogen-bond acceptors (Lipinski definition) is 3. The minimum absolute atomic E-state index is 0.396. The van der Waals surface area contributed by atoms with Gasteiger partial charge in [0.05, 0.1) is 12.8 Å². The first-order chi connectivity index (χ1) is 8.11. The number of halogens is 1. The standard InChI is InChI=1S/C12H11ClN2O2/c1-7-6-14-12(16)15-11(7)9-5-8(13)3-4-10(9)17-2/h3-6H,1-2H3,(H,14,15,16). The van der Waals surface area contributed by atoms with Gasteiger partial charge in [-0.15, -0.1) is 0 Å². The maximum Gasteiger partial charge on any atom is 0.345 e. The smallest absolute Gasteiger partial charge is 0.345 e. The summed E-state index contributed by atoms with van der Waals surface area (Å²) in [5.41, 5.74) is 1.87. The molecule has 2 rings (SSSR count). The summed E-state index contributed by atoms with van der Waals surface area (Å²) in [5, 5.41) is 0.581. The molecule has 0 saturated heterocycles. The quantitative estimate of drug-likeness (QED) is 0.891. The van der Waals surface area contributed by atoms with Gasteiger partial charge in [0.1, 0.15) is 5.75 Å². The third-order valence-corrected chi connectivity index (χ3v) is 2.67. The van der Waals surface area contributed by atoms with Gasteiger partial charge in [-0.3, -0.25) is 0 Å². The molecule has 88 valence electrons. The Balaban J connectivity index is 2.70. The molecule has 0 bridgehead atoms. The van der Waals surface area contributed by atoms with Crippen molar-refractivity contribution in [3.05, 3.63) is 45.5 Å². The summed E-state index contributed by atoms with van der Waals surface area (Å²) < 4.78 is 5.25. The average Bonchev–Trinajstić information content (AvgIpc) is 2.32. The molecule has 0 aliphatic rings. The van der Waals surface area contributed by atoms with Gasteiger partial charge in [-0.05, 0) is 30.7 Å². The summed E-state index contributed by atoms with van der Waals surface area (Å²) in [5.74, 6) is 0.652. The van der Waals surface area contributed by atoms with Crippen LogP contribution >= 0.6 is 11.6 Å². The fourth-order valence-corrected chi connectivity index (χ4v) is 1.79. The molecule has 1 aromatic heterocycles. The highest BCUT2D eigenvalue weighted by molar-refractivity contribution is 6.31. The number of nitrogens with zero attached hydrogens (tertiary/aromatic N) is 1. The first kappa shape index (κ1) is 11.7. The van der Waals surface area contributed by atoms with E-state index in [1.165, 1.54) is 6.20 Å². The zero-order chi connectivity index (χ0) is 12.4. The molecule has 5 heteroatoms. The molecular formula is C12H11ClN2O2. The predicted octanol–water partition coefficient (Wildman–Crippen LogP) is 2.41. The number of ether oxygens (including phenoxy) is 1. The second-order valence-electron chi connectivity index (χ2n) is 3.59. The fraction of sp³-hybridized carbons (Fsp3) is 0.167. The van der Waals surface area contributed by atoms with Crippen LogP contribution in [0.1, 0.15) is 5.56 Å². The van der Waals surface area contributed by atoms with Crippen molar-refractivity contribution >= 4 is 11.6 Å². The maximum atomic E-state index is 11.3. The van der Waals surface area contributed by atoms with Gasteiger partial charge in [-0.25, -0.2) is 9.78 Å². The summed E-state index contributed by atoms with van der Waals surface area (Å²) in [6, 6.07) is 5.24. The number of benzene rings is 1. The predicted molar refractivity (Wildman–Crippen MR) is 66.6 cm³/mol. The minimum Gasteiger partial charge on any atom is -0.496 e. The van der Waals surface area contributed by atoms with Crippen LogP contribution in [-0.2, 0) is 0 Å². The summed E-state index contributed by atoms with van der Waals surface area (Å²) in [6.45, 7) is 1.86. The van der Waals surface area contributed by atoms with Crippen molar-refractivity contribution < 1.29 is 4.74 Å². The van der Waals surface area contributed by atoms with Gasteiger partial charge in [0.2, 0.25) is 0 Å². The Bertz CT molecular complexity index is 608. The van der Waals surface area contributed by atoms with Crippen LogP contribution in [-0.4, -0.2) is 17.1 Å². The average molecular weight is 251 g/mol. The van der Waals surface area contributed by atoms with Crippen molar-refractivity contribution in [3.8, 4) is 17.0 Å². The molecule has 1 heterocycles. The van der Waals surface area contributed by atoms with Crippen molar-refractivity contribution in [1.82, 2.24) is 9.97 Å². The third kappa shape index (κ3) is 2.31. The van der Waals surface area contributed by atoms with E-state index in [-0.39, 0.29) is 0 Å². The lowest BCUT2D eigenvalue weighted by atomic mass is 10.1. The van der Waals surface area contributed by atoms with Crippen LogP contribution in [0, 0.1) is 6.92 Å². The number of hydrogen-bond donors (Lipinski definition) is 1. The van der Waals surface area contributed by atoms with E-state index in [2.05, 4.69) is 9.97 Å².